The average Bonchev–Trinajstić information content (AvgIpc) is 2.57. The second kappa shape index (κ2) is 6.75. The molecule has 21 heavy (non-hydrogen) atoms. The molecular weight excluding hydrogens is 260 g/mol. The lowest BCUT2D eigenvalue weighted by atomic mass is 9.78. The van der Waals surface area contributed by atoms with E-state index in [1.54, 1.807) is 0 Å². The van der Waals surface area contributed by atoms with Gasteiger partial charge >= 0.3 is 0 Å². The van der Waals surface area contributed by atoms with Gasteiger partial charge in [-0.1, -0.05) is 13.0 Å². The number of hydrogen-bond donors (Lipinski definition) is 1. The molecule has 3 heterocycles. The number of anilines is 1. The highest BCUT2D eigenvalue weighted by molar-refractivity contribution is 5.38. The Labute approximate surface area is 128 Å². The molecule has 4 heteroatoms. The van der Waals surface area contributed by atoms with E-state index in [9.17, 15) is 0 Å². The summed E-state index contributed by atoms with van der Waals surface area (Å²) in [6, 6.07) is 6.18. The van der Waals surface area contributed by atoms with Crippen molar-refractivity contribution in [2.75, 3.05) is 50.7 Å². The average molecular weight is 288 g/mol. The summed E-state index contributed by atoms with van der Waals surface area (Å²) < 4.78 is 0. The number of pyridine rings is 1. The Morgan fingerprint density at radius 3 is 2.71 bits per heavy atom. The van der Waals surface area contributed by atoms with E-state index in [0.29, 0.717) is 5.41 Å². The molecule has 1 unspecified atom stereocenters. The summed E-state index contributed by atoms with van der Waals surface area (Å²) in [5.74, 6) is 1.13. The van der Waals surface area contributed by atoms with Crippen LogP contribution in [0.4, 0.5) is 5.82 Å². The second-order valence-electron chi connectivity index (χ2n) is 6.59. The fourth-order valence-corrected chi connectivity index (χ4v) is 3.73. The zero-order valence-corrected chi connectivity index (χ0v) is 13.2. The van der Waals surface area contributed by atoms with Gasteiger partial charge in [0.05, 0.1) is 0 Å². The van der Waals surface area contributed by atoms with Crippen LogP contribution in [0.15, 0.2) is 24.4 Å². The molecule has 0 spiro atoms. The van der Waals surface area contributed by atoms with Crippen LogP contribution in [0.2, 0.25) is 0 Å². The first-order chi connectivity index (χ1) is 10.3. The Morgan fingerprint density at radius 2 is 2.10 bits per heavy atom. The van der Waals surface area contributed by atoms with Gasteiger partial charge in [-0.25, -0.2) is 4.98 Å². The van der Waals surface area contributed by atoms with E-state index < -0.39 is 0 Å². The molecule has 1 aromatic rings. The molecule has 1 atom stereocenters. The molecule has 0 aliphatic carbocycles. The summed E-state index contributed by atoms with van der Waals surface area (Å²) in [6.45, 7) is 10.5. The number of piperidine rings is 1. The molecule has 1 aromatic heterocycles. The van der Waals surface area contributed by atoms with Crippen molar-refractivity contribution in [2.24, 2.45) is 5.41 Å². The lowest BCUT2D eigenvalue weighted by molar-refractivity contribution is 0.107. The summed E-state index contributed by atoms with van der Waals surface area (Å²) in [6.07, 6.45) is 5.90. The van der Waals surface area contributed by atoms with Crippen LogP contribution in [0.1, 0.15) is 26.2 Å². The van der Waals surface area contributed by atoms with Crippen LogP contribution in [0.25, 0.3) is 0 Å². The largest absolute Gasteiger partial charge is 0.354 e. The number of piperazine rings is 1. The standard InChI is InChI=1S/C17H28N4/c1-2-17(7-5-8-18-14-17)15-20-10-12-21(13-11-20)16-6-3-4-9-19-16/h3-4,6,9,18H,2,5,7-8,10-15H2,1H3. The molecule has 0 radical (unpaired) electrons. The van der Waals surface area contributed by atoms with E-state index in [1.807, 2.05) is 12.3 Å². The topological polar surface area (TPSA) is 31.4 Å². The predicted octanol–water partition coefficient (Wildman–Crippen LogP) is 1.98. The van der Waals surface area contributed by atoms with Gasteiger partial charge in [0.2, 0.25) is 0 Å². The Morgan fingerprint density at radius 1 is 1.24 bits per heavy atom. The van der Waals surface area contributed by atoms with Crippen LogP contribution in [-0.4, -0.2) is 55.7 Å². The molecule has 1 N–H and O–H groups in total. The highest BCUT2D eigenvalue weighted by Gasteiger charge is 2.33. The molecule has 0 amide bonds. The van der Waals surface area contributed by atoms with E-state index in [1.165, 1.54) is 52.0 Å². The first-order valence-electron chi connectivity index (χ1n) is 8.40. The highest BCUT2D eigenvalue weighted by Crippen LogP contribution is 2.31. The van der Waals surface area contributed by atoms with Crippen molar-refractivity contribution in [2.45, 2.75) is 26.2 Å². The number of aromatic nitrogens is 1. The lowest BCUT2D eigenvalue weighted by Gasteiger charge is -2.44. The van der Waals surface area contributed by atoms with Crippen molar-refractivity contribution in [3.63, 3.8) is 0 Å². The molecule has 0 saturated carbocycles. The van der Waals surface area contributed by atoms with E-state index in [-0.39, 0.29) is 0 Å². The number of rotatable bonds is 4. The van der Waals surface area contributed by atoms with Gasteiger partial charge in [0.15, 0.2) is 0 Å². The van der Waals surface area contributed by atoms with Crippen LogP contribution in [0, 0.1) is 5.41 Å². The summed E-state index contributed by atoms with van der Waals surface area (Å²) in [5, 5.41) is 3.60. The van der Waals surface area contributed by atoms with Gasteiger partial charge in [-0.15, -0.1) is 0 Å². The molecule has 116 valence electrons. The summed E-state index contributed by atoms with van der Waals surface area (Å²) in [7, 11) is 0. The Kier molecular flexibility index (Phi) is 4.76. The smallest absolute Gasteiger partial charge is 0.128 e. The fourth-order valence-electron chi connectivity index (χ4n) is 3.73. The van der Waals surface area contributed by atoms with Crippen LogP contribution >= 0.6 is 0 Å². The predicted molar refractivity (Wildman–Crippen MR) is 87.7 cm³/mol. The Balaban J connectivity index is 1.53. The third kappa shape index (κ3) is 3.55. The van der Waals surface area contributed by atoms with Crippen molar-refractivity contribution >= 4 is 5.82 Å². The van der Waals surface area contributed by atoms with E-state index in [0.717, 1.165) is 18.9 Å². The molecule has 0 aromatic carbocycles. The molecule has 2 saturated heterocycles. The molecular formula is C17H28N4. The van der Waals surface area contributed by atoms with E-state index >= 15 is 0 Å². The second-order valence-corrected chi connectivity index (χ2v) is 6.59. The van der Waals surface area contributed by atoms with Crippen LogP contribution in [-0.2, 0) is 0 Å². The monoisotopic (exact) mass is 288 g/mol. The maximum Gasteiger partial charge on any atom is 0.128 e. The first kappa shape index (κ1) is 14.8. The van der Waals surface area contributed by atoms with Crippen molar-refractivity contribution in [1.29, 1.82) is 0 Å². The highest BCUT2D eigenvalue weighted by atomic mass is 15.3. The number of nitrogens with one attached hydrogen (secondary N) is 1. The molecule has 3 rings (SSSR count). The van der Waals surface area contributed by atoms with Gasteiger partial charge in [0, 0.05) is 45.5 Å². The van der Waals surface area contributed by atoms with Gasteiger partial charge < -0.3 is 10.2 Å². The van der Waals surface area contributed by atoms with Gasteiger partial charge in [-0.3, -0.25) is 4.90 Å². The summed E-state index contributed by atoms with van der Waals surface area (Å²) >= 11 is 0. The van der Waals surface area contributed by atoms with E-state index in [4.69, 9.17) is 0 Å². The van der Waals surface area contributed by atoms with Crippen LogP contribution in [0.3, 0.4) is 0 Å². The molecule has 2 fully saturated rings. The molecule has 2 aliphatic heterocycles. The summed E-state index contributed by atoms with van der Waals surface area (Å²) in [4.78, 5) is 9.54. The third-order valence-electron chi connectivity index (χ3n) is 5.22. The first-order valence-corrected chi connectivity index (χ1v) is 8.40. The Bertz CT molecular complexity index is 420. The van der Waals surface area contributed by atoms with E-state index in [2.05, 4.69) is 39.2 Å². The van der Waals surface area contributed by atoms with Gasteiger partial charge in [0.25, 0.3) is 0 Å². The van der Waals surface area contributed by atoms with Crippen molar-refractivity contribution in [3.05, 3.63) is 24.4 Å². The van der Waals surface area contributed by atoms with Crippen molar-refractivity contribution < 1.29 is 0 Å². The SMILES string of the molecule is CCC1(CN2CCN(c3ccccn3)CC2)CCCNC1. The maximum atomic E-state index is 4.47. The van der Waals surface area contributed by atoms with Gasteiger partial charge in [-0.05, 0) is 43.4 Å². The van der Waals surface area contributed by atoms with Crippen LogP contribution < -0.4 is 10.2 Å². The van der Waals surface area contributed by atoms with Crippen LogP contribution in [0.5, 0.6) is 0 Å². The van der Waals surface area contributed by atoms with Gasteiger partial charge in [0.1, 0.15) is 5.82 Å². The maximum absolute atomic E-state index is 4.47. The molecule has 4 nitrogen and oxygen atoms in total. The third-order valence-corrected chi connectivity index (χ3v) is 5.22. The summed E-state index contributed by atoms with van der Waals surface area (Å²) in [5.41, 5.74) is 0.505. The number of hydrogen-bond acceptors (Lipinski definition) is 4. The normalized spacial score (nSPS) is 27.8. The minimum absolute atomic E-state index is 0.505. The van der Waals surface area contributed by atoms with Crippen molar-refractivity contribution in [3.8, 4) is 0 Å². The number of nitrogens with zero attached hydrogens (tertiary/aromatic N) is 3. The minimum atomic E-state index is 0.505. The zero-order valence-electron chi connectivity index (χ0n) is 13.2. The zero-order chi connectivity index (χ0) is 14.5. The molecule has 0 bridgehead atoms. The lowest BCUT2D eigenvalue weighted by Crippen LogP contribution is -2.53. The van der Waals surface area contributed by atoms with Gasteiger partial charge in [-0.2, -0.15) is 0 Å². The van der Waals surface area contributed by atoms with Crippen molar-refractivity contribution in [1.82, 2.24) is 15.2 Å². The molecule has 2 aliphatic rings. The Hall–Kier alpha value is -1.13. The quantitative estimate of drug-likeness (QED) is 0.918. The minimum Gasteiger partial charge on any atom is -0.354 e. The fraction of sp³-hybridized carbons (Fsp3) is 0.706.